The molecule has 1 aliphatic heterocycles. The molecule has 41 heavy (non-hydrogen) atoms. The summed E-state index contributed by atoms with van der Waals surface area (Å²) in [4.78, 5) is 34.9. The highest BCUT2D eigenvalue weighted by Gasteiger charge is 2.54. The number of thioether (sulfide) groups is 1. The Hall–Kier alpha value is -2.46. The minimum Gasteiger partial charge on any atom is -0.395 e. The molecule has 0 bridgehead atoms. The van der Waals surface area contributed by atoms with Crippen molar-refractivity contribution in [1.29, 1.82) is 0 Å². The van der Waals surface area contributed by atoms with Crippen LogP contribution in [-0.2, 0) is 29.7 Å². The van der Waals surface area contributed by atoms with E-state index in [0.717, 1.165) is 17.3 Å². The quantitative estimate of drug-likeness (QED) is 0.137. The Bertz CT molecular complexity index is 1450. The van der Waals surface area contributed by atoms with E-state index in [-0.39, 0.29) is 41.8 Å². The molecular formula is C25H34N5O9PS. The van der Waals surface area contributed by atoms with Gasteiger partial charge >= 0.3 is 7.75 Å². The van der Waals surface area contributed by atoms with Crippen LogP contribution in [0.3, 0.4) is 0 Å². The fourth-order valence-corrected chi connectivity index (χ4v) is 6.29. The standard InChI is InChI=1S/C25H34N5O9PS/c1-24(2,13-31)23(34)41-10-9-37-40(36,29-11-16-7-5-4-6-8-16)38-12-17-19(32)25(3,35)22(39-17)30-15-28-18-20(30)26-14-27-21(18)33/h4-8,14-15,17,19,22,31-32,35H,9-13H2,1-3H3,(H,29,36)(H,26,27,33)/t17-,19?,22-,25+,40?/m1/s1. The van der Waals surface area contributed by atoms with Crippen LogP contribution in [0.15, 0.2) is 47.8 Å². The van der Waals surface area contributed by atoms with Crippen molar-refractivity contribution in [3.8, 4) is 0 Å². The van der Waals surface area contributed by atoms with E-state index >= 15 is 0 Å². The van der Waals surface area contributed by atoms with Crippen molar-refractivity contribution >= 4 is 35.8 Å². The van der Waals surface area contributed by atoms with Gasteiger partial charge in [-0.3, -0.25) is 23.2 Å². The van der Waals surface area contributed by atoms with Crippen LogP contribution in [0.1, 0.15) is 32.6 Å². The van der Waals surface area contributed by atoms with Crippen molar-refractivity contribution in [2.75, 3.05) is 25.6 Å². The first-order chi connectivity index (χ1) is 19.4. The van der Waals surface area contributed by atoms with Crippen LogP contribution in [0.25, 0.3) is 11.2 Å². The minimum atomic E-state index is -4.01. The summed E-state index contributed by atoms with van der Waals surface area (Å²) in [7, 11) is -4.01. The number of hydrogen-bond acceptors (Lipinski definition) is 12. The molecule has 5 N–H and O–H groups in total. The van der Waals surface area contributed by atoms with Gasteiger partial charge in [0.15, 0.2) is 22.5 Å². The van der Waals surface area contributed by atoms with Crippen molar-refractivity contribution in [3.05, 3.63) is 58.9 Å². The SMILES string of the molecule is CC(C)(CO)C(=O)SCCOP(=O)(NCc1ccccc1)OC[C@H]1O[C@@H](n2cnc3c(=O)[nH]cnc32)[C@@](C)(O)C1O. The molecule has 224 valence electrons. The van der Waals surface area contributed by atoms with Crippen molar-refractivity contribution in [2.45, 2.75) is 51.4 Å². The number of aliphatic hydroxyl groups excluding tert-OH is 2. The van der Waals surface area contributed by atoms with Gasteiger partial charge in [-0.1, -0.05) is 42.1 Å². The zero-order valence-electron chi connectivity index (χ0n) is 22.8. The molecule has 1 aliphatic rings. The summed E-state index contributed by atoms with van der Waals surface area (Å²) in [5, 5.41) is 34.0. The number of aliphatic hydroxyl groups is 3. The molecule has 0 radical (unpaired) electrons. The van der Waals surface area contributed by atoms with Crippen molar-refractivity contribution in [1.82, 2.24) is 24.6 Å². The smallest absolute Gasteiger partial charge is 0.395 e. The number of nitrogens with zero attached hydrogens (tertiary/aromatic N) is 3. The summed E-state index contributed by atoms with van der Waals surface area (Å²) in [6.07, 6.45) is -1.37. The second kappa shape index (κ2) is 12.8. The number of nitrogens with one attached hydrogen (secondary N) is 2. The summed E-state index contributed by atoms with van der Waals surface area (Å²) >= 11 is 0.942. The largest absolute Gasteiger partial charge is 0.405 e. The molecule has 0 amide bonds. The van der Waals surface area contributed by atoms with Crippen LogP contribution in [-0.4, -0.2) is 83.3 Å². The molecule has 2 aromatic heterocycles. The molecule has 0 aliphatic carbocycles. The molecule has 0 spiro atoms. The number of carbonyl (C=O) groups is 1. The Balaban J connectivity index is 1.45. The lowest BCUT2D eigenvalue weighted by Gasteiger charge is -2.27. The predicted molar refractivity (Wildman–Crippen MR) is 150 cm³/mol. The van der Waals surface area contributed by atoms with Crippen molar-refractivity contribution in [2.24, 2.45) is 5.41 Å². The normalized spacial score (nSPS) is 24.5. The number of fused-ring (bicyclic) bond motifs is 1. The third-order valence-corrected chi connectivity index (χ3v) is 9.37. The number of imidazole rings is 1. The first-order valence-corrected chi connectivity index (χ1v) is 15.3. The fourth-order valence-electron chi connectivity index (χ4n) is 4.05. The Morgan fingerprint density at radius 3 is 2.73 bits per heavy atom. The topological polar surface area (TPSA) is 198 Å². The average molecular weight is 612 g/mol. The third-order valence-electron chi connectivity index (χ3n) is 6.63. The highest BCUT2D eigenvalue weighted by Crippen LogP contribution is 2.46. The van der Waals surface area contributed by atoms with Crippen LogP contribution in [0.4, 0.5) is 0 Å². The van der Waals surface area contributed by atoms with Gasteiger partial charge in [0, 0.05) is 12.3 Å². The van der Waals surface area contributed by atoms with Gasteiger partial charge in [-0.15, -0.1) is 0 Å². The number of ether oxygens (including phenoxy) is 1. The summed E-state index contributed by atoms with van der Waals surface area (Å²) in [5.41, 5.74) is -2.28. The average Bonchev–Trinajstić information content (AvgIpc) is 3.48. The number of aromatic amines is 1. The molecule has 5 atom stereocenters. The maximum atomic E-state index is 13.7. The van der Waals surface area contributed by atoms with E-state index in [1.807, 2.05) is 30.3 Å². The monoisotopic (exact) mass is 611 g/mol. The summed E-state index contributed by atoms with van der Waals surface area (Å²) in [5.74, 6) is 0.155. The predicted octanol–water partition coefficient (Wildman–Crippen LogP) is 1.34. The van der Waals surface area contributed by atoms with Gasteiger partial charge in [0.25, 0.3) is 5.56 Å². The number of carbonyl (C=O) groups excluding carboxylic acids is 1. The van der Waals surface area contributed by atoms with Gasteiger partial charge < -0.3 is 25.0 Å². The number of hydrogen-bond donors (Lipinski definition) is 5. The van der Waals surface area contributed by atoms with E-state index in [2.05, 4.69) is 20.0 Å². The highest BCUT2D eigenvalue weighted by molar-refractivity contribution is 8.13. The number of H-pyrrole nitrogens is 1. The first-order valence-electron chi connectivity index (χ1n) is 12.8. The molecule has 1 aromatic carbocycles. The van der Waals surface area contributed by atoms with Gasteiger partial charge in [0.05, 0.1) is 37.9 Å². The summed E-state index contributed by atoms with van der Waals surface area (Å²) < 4.78 is 32.2. The fraction of sp³-hybridized carbons (Fsp3) is 0.520. The van der Waals surface area contributed by atoms with Gasteiger partial charge in [0.2, 0.25) is 0 Å². The Morgan fingerprint density at radius 1 is 1.29 bits per heavy atom. The lowest BCUT2D eigenvalue weighted by molar-refractivity contribution is -0.119. The summed E-state index contributed by atoms with van der Waals surface area (Å²) in [6.45, 7) is 3.87. The van der Waals surface area contributed by atoms with Gasteiger partial charge in [-0.2, -0.15) is 0 Å². The summed E-state index contributed by atoms with van der Waals surface area (Å²) in [6, 6.07) is 9.13. The maximum absolute atomic E-state index is 13.7. The van der Waals surface area contributed by atoms with E-state index in [1.54, 1.807) is 13.8 Å². The van der Waals surface area contributed by atoms with E-state index < -0.39 is 49.4 Å². The molecule has 1 saturated heterocycles. The van der Waals surface area contributed by atoms with E-state index in [9.17, 15) is 29.5 Å². The van der Waals surface area contributed by atoms with Crippen LogP contribution < -0.4 is 10.6 Å². The highest BCUT2D eigenvalue weighted by atomic mass is 32.2. The second-order valence-corrected chi connectivity index (χ2v) is 13.3. The zero-order valence-corrected chi connectivity index (χ0v) is 24.5. The molecule has 14 nitrogen and oxygen atoms in total. The van der Waals surface area contributed by atoms with E-state index in [0.29, 0.717) is 0 Å². The molecule has 3 heterocycles. The molecular weight excluding hydrogens is 577 g/mol. The van der Waals surface area contributed by atoms with Crippen molar-refractivity contribution in [3.63, 3.8) is 0 Å². The lowest BCUT2D eigenvalue weighted by Crippen LogP contribution is -2.44. The molecule has 2 unspecified atom stereocenters. The van der Waals surface area contributed by atoms with Gasteiger partial charge in [-0.25, -0.2) is 19.6 Å². The Morgan fingerprint density at radius 2 is 2.02 bits per heavy atom. The molecule has 4 rings (SSSR count). The number of rotatable bonds is 13. The first kappa shape index (κ1) is 31.5. The van der Waals surface area contributed by atoms with Crippen LogP contribution in [0.5, 0.6) is 0 Å². The van der Waals surface area contributed by atoms with Crippen LogP contribution in [0.2, 0.25) is 0 Å². The Labute approximate surface area is 240 Å². The van der Waals surface area contributed by atoms with E-state index in [4.69, 9.17) is 13.8 Å². The van der Waals surface area contributed by atoms with Gasteiger partial charge in [0.1, 0.15) is 17.8 Å². The van der Waals surface area contributed by atoms with Crippen LogP contribution in [0, 0.1) is 5.41 Å². The maximum Gasteiger partial charge on any atom is 0.405 e. The van der Waals surface area contributed by atoms with Crippen LogP contribution >= 0.6 is 19.5 Å². The number of benzene rings is 1. The third kappa shape index (κ3) is 7.13. The molecule has 3 aromatic rings. The Kier molecular flexibility index (Phi) is 9.84. The molecule has 16 heteroatoms. The van der Waals surface area contributed by atoms with Gasteiger partial charge in [-0.05, 0) is 26.3 Å². The molecule has 0 saturated carbocycles. The van der Waals surface area contributed by atoms with E-state index in [1.165, 1.54) is 24.1 Å². The lowest BCUT2D eigenvalue weighted by atomic mass is 9.96. The second-order valence-electron chi connectivity index (χ2n) is 10.4. The van der Waals surface area contributed by atoms with Crippen molar-refractivity contribution < 1.29 is 38.5 Å². The molecule has 1 fully saturated rings. The number of aromatic nitrogens is 4. The minimum absolute atomic E-state index is 0.0304. The zero-order chi connectivity index (χ0) is 29.8.